The van der Waals surface area contributed by atoms with Crippen LogP contribution in [0.15, 0.2) is 67.1 Å². The minimum Gasteiger partial charge on any atom is -0.506 e. The highest BCUT2D eigenvalue weighted by Crippen LogP contribution is 2.44. The number of anilines is 1. The molecule has 2 atom stereocenters. The van der Waals surface area contributed by atoms with Gasteiger partial charge >= 0.3 is 0 Å². The van der Waals surface area contributed by atoms with Crippen molar-refractivity contribution in [2.24, 2.45) is 0 Å². The number of hydrogen-bond acceptors (Lipinski definition) is 3. The zero-order valence-corrected chi connectivity index (χ0v) is 16.9. The van der Waals surface area contributed by atoms with Crippen LogP contribution in [0.5, 0.6) is 5.75 Å². The largest absolute Gasteiger partial charge is 0.506 e. The van der Waals surface area contributed by atoms with E-state index >= 15 is 0 Å². The Kier molecular flexibility index (Phi) is 4.72. The molecule has 2 N–H and O–H groups in total. The Morgan fingerprint density at radius 2 is 1.83 bits per heavy atom. The third-order valence-electron chi connectivity index (χ3n) is 6.06. The molecular formula is C23H24N4OS. The van der Waals surface area contributed by atoms with E-state index < -0.39 is 0 Å². The van der Waals surface area contributed by atoms with Crippen LogP contribution < -0.4 is 10.2 Å². The van der Waals surface area contributed by atoms with Crippen LogP contribution in [0.1, 0.15) is 55.1 Å². The first-order chi connectivity index (χ1) is 14.2. The number of hydrogen-bond donors (Lipinski definition) is 2. The third-order valence-corrected chi connectivity index (χ3v) is 6.38. The fraction of sp³-hybridized carbons (Fsp3) is 0.304. The third kappa shape index (κ3) is 3.27. The van der Waals surface area contributed by atoms with Crippen molar-refractivity contribution in [3.8, 4) is 5.75 Å². The van der Waals surface area contributed by atoms with Gasteiger partial charge < -0.3 is 19.9 Å². The van der Waals surface area contributed by atoms with Crippen molar-refractivity contribution >= 4 is 23.0 Å². The average Bonchev–Trinajstić information content (AvgIpc) is 3.48. The van der Waals surface area contributed by atoms with Gasteiger partial charge in [0.1, 0.15) is 5.75 Å². The second-order valence-corrected chi connectivity index (χ2v) is 8.20. The normalized spacial score (nSPS) is 22.2. The molecule has 2 fully saturated rings. The van der Waals surface area contributed by atoms with E-state index in [0.29, 0.717) is 16.8 Å². The van der Waals surface area contributed by atoms with Gasteiger partial charge in [-0.2, -0.15) is 0 Å². The molecule has 3 heterocycles. The molecule has 1 aliphatic carbocycles. The van der Waals surface area contributed by atoms with Crippen LogP contribution in [-0.4, -0.2) is 19.8 Å². The van der Waals surface area contributed by atoms with Crippen molar-refractivity contribution in [1.29, 1.82) is 0 Å². The summed E-state index contributed by atoms with van der Waals surface area (Å²) in [7, 11) is 0. The van der Waals surface area contributed by atoms with Crippen LogP contribution in [-0.2, 0) is 0 Å². The maximum absolute atomic E-state index is 10.5. The molecule has 0 spiro atoms. The zero-order chi connectivity index (χ0) is 19.8. The monoisotopic (exact) mass is 404 g/mol. The molecule has 6 heteroatoms. The molecule has 0 radical (unpaired) electrons. The van der Waals surface area contributed by atoms with E-state index in [2.05, 4.69) is 33.3 Å². The minimum atomic E-state index is -0.0947. The summed E-state index contributed by atoms with van der Waals surface area (Å²) in [6.07, 6.45) is 11.3. The summed E-state index contributed by atoms with van der Waals surface area (Å²) in [4.78, 5) is 6.61. The van der Waals surface area contributed by atoms with Crippen molar-refractivity contribution < 1.29 is 5.11 Å². The number of nitrogens with one attached hydrogen (secondary N) is 1. The number of phenols is 1. The Morgan fingerprint density at radius 1 is 1.03 bits per heavy atom. The maximum Gasteiger partial charge on any atom is 0.174 e. The van der Waals surface area contributed by atoms with Crippen LogP contribution in [0, 0.1) is 0 Å². The van der Waals surface area contributed by atoms with Crippen LogP contribution in [0.4, 0.5) is 5.69 Å². The number of phenolic OH excluding ortho intramolecular Hbond substituents is 1. The maximum atomic E-state index is 10.5. The minimum absolute atomic E-state index is 0.0895. The molecule has 0 bridgehead atoms. The van der Waals surface area contributed by atoms with Crippen molar-refractivity contribution in [2.75, 3.05) is 4.90 Å². The molecule has 0 unspecified atom stereocenters. The molecular weight excluding hydrogens is 380 g/mol. The van der Waals surface area contributed by atoms with Gasteiger partial charge in [-0.1, -0.05) is 31.0 Å². The molecule has 2 aliphatic rings. The fourth-order valence-corrected chi connectivity index (χ4v) is 4.99. The molecule has 5 nitrogen and oxygen atoms in total. The molecule has 3 aromatic rings. The lowest BCUT2D eigenvalue weighted by Crippen LogP contribution is -2.29. The molecule has 5 rings (SSSR count). The Hall–Kier alpha value is -2.86. The van der Waals surface area contributed by atoms with E-state index in [-0.39, 0.29) is 17.8 Å². The smallest absolute Gasteiger partial charge is 0.174 e. The lowest BCUT2D eigenvalue weighted by atomic mass is 9.98. The molecule has 1 saturated heterocycles. The molecule has 1 aromatic carbocycles. The summed E-state index contributed by atoms with van der Waals surface area (Å²) in [6, 6.07) is 15.9. The Bertz CT molecular complexity index is 1010. The number of para-hydroxylation sites is 2. The number of pyridine rings is 1. The van der Waals surface area contributed by atoms with Gasteiger partial charge in [0.15, 0.2) is 5.11 Å². The second kappa shape index (κ2) is 7.52. The van der Waals surface area contributed by atoms with Gasteiger partial charge in [0.25, 0.3) is 0 Å². The molecule has 2 aromatic heterocycles. The highest BCUT2D eigenvalue weighted by molar-refractivity contribution is 7.80. The molecule has 1 aliphatic heterocycles. The van der Waals surface area contributed by atoms with E-state index in [0.717, 1.165) is 5.69 Å². The van der Waals surface area contributed by atoms with Crippen molar-refractivity contribution in [1.82, 2.24) is 14.9 Å². The Morgan fingerprint density at radius 3 is 2.59 bits per heavy atom. The summed E-state index contributed by atoms with van der Waals surface area (Å²) in [5.41, 5.74) is 2.82. The predicted molar refractivity (Wildman–Crippen MR) is 118 cm³/mol. The summed E-state index contributed by atoms with van der Waals surface area (Å²) < 4.78 is 2.35. The number of aromatic nitrogens is 2. The lowest BCUT2D eigenvalue weighted by molar-refractivity contribution is 0.472. The molecule has 1 saturated carbocycles. The van der Waals surface area contributed by atoms with Gasteiger partial charge in [-0.25, -0.2) is 0 Å². The predicted octanol–water partition coefficient (Wildman–Crippen LogP) is 4.88. The molecule has 29 heavy (non-hydrogen) atoms. The Labute approximate surface area is 176 Å². The number of aromatic hydroxyl groups is 1. The average molecular weight is 405 g/mol. The molecule has 148 valence electrons. The van der Waals surface area contributed by atoms with E-state index in [1.165, 1.54) is 31.2 Å². The van der Waals surface area contributed by atoms with Crippen LogP contribution in [0.25, 0.3) is 0 Å². The van der Waals surface area contributed by atoms with Gasteiger partial charge in [-0.05, 0) is 61.0 Å². The number of rotatable bonds is 4. The van der Waals surface area contributed by atoms with Crippen molar-refractivity contribution in [2.45, 2.75) is 43.8 Å². The first-order valence-corrected chi connectivity index (χ1v) is 10.6. The van der Waals surface area contributed by atoms with E-state index in [9.17, 15) is 5.11 Å². The summed E-state index contributed by atoms with van der Waals surface area (Å²) in [6.45, 7) is 0. The lowest BCUT2D eigenvalue weighted by Gasteiger charge is -2.27. The highest BCUT2D eigenvalue weighted by atomic mass is 32.1. The van der Waals surface area contributed by atoms with Crippen molar-refractivity contribution in [3.63, 3.8) is 0 Å². The number of benzene rings is 1. The summed E-state index contributed by atoms with van der Waals surface area (Å²) >= 11 is 5.72. The Balaban J connectivity index is 1.59. The van der Waals surface area contributed by atoms with Crippen LogP contribution in [0.2, 0.25) is 0 Å². The van der Waals surface area contributed by atoms with E-state index in [1.54, 1.807) is 6.07 Å². The van der Waals surface area contributed by atoms with Crippen LogP contribution >= 0.6 is 12.2 Å². The van der Waals surface area contributed by atoms with Gasteiger partial charge in [-0.15, -0.1) is 0 Å². The highest BCUT2D eigenvalue weighted by Gasteiger charge is 2.42. The summed E-state index contributed by atoms with van der Waals surface area (Å²) in [5, 5.41) is 14.6. The van der Waals surface area contributed by atoms with Gasteiger partial charge in [-0.3, -0.25) is 4.98 Å². The standard InChI is InChI=1S/C23H24N4OS/c28-20-11-4-3-10-19(20)27-22(16-12-14-26(15-16)17-7-1-2-8-17)21(25-23(27)29)18-9-5-6-13-24-18/h3-6,9-15,17,21-22,28H,1-2,7-8H2,(H,25,29)/t21-,22+/m1/s1. The van der Waals surface area contributed by atoms with Crippen LogP contribution in [0.3, 0.4) is 0 Å². The number of nitrogens with zero attached hydrogens (tertiary/aromatic N) is 3. The summed E-state index contributed by atoms with van der Waals surface area (Å²) in [5.74, 6) is 0.221. The first kappa shape index (κ1) is 18.2. The SMILES string of the molecule is Oc1ccccc1N1C(=S)N[C@H](c2ccccn2)[C@@H]1c1ccn(C2CCCC2)c1. The van der Waals surface area contributed by atoms with E-state index in [4.69, 9.17) is 12.2 Å². The first-order valence-electron chi connectivity index (χ1n) is 10.2. The zero-order valence-electron chi connectivity index (χ0n) is 16.1. The fourth-order valence-electron chi connectivity index (χ4n) is 4.66. The van der Waals surface area contributed by atoms with Crippen molar-refractivity contribution in [3.05, 3.63) is 78.4 Å². The quantitative estimate of drug-likeness (QED) is 0.607. The van der Waals surface area contributed by atoms with E-state index in [1.807, 2.05) is 47.5 Å². The van der Waals surface area contributed by atoms with Gasteiger partial charge in [0.05, 0.1) is 23.5 Å². The number of thiocarbonyl (C=S) groups is 1. The second-order valence-electron chi connectivity index (χ2n) is 7.82. The van der Waals surface area contributed by atoms with Gasteiger partial charge in [0, 0.05) is 24.6 Å². The molecule has 0 amide bonds. The topological polar surface area (TPSA) is 53.3 Å². The van der Waals surface area contributed by atoms with Gasteiger partial charge in [0.2, 0.25) is 0 Å².